The number of halogens is 1. The number of nitrogens with zero attached hydrogens (tertiary/aromatic N) is 1. The Kier molecular flexibility index (Phi) is 5.86. The lowest BCUT2D eigenvalue weighted by molar-refractivity contribution is 0.0670. The van der Waals surface area contributed by atoms with Gasteiger partial charge in [-0.15, -0.1) is 0 Å². The number of aromatic nitrogens is 1. The van der Waals surface area contributed by atoms with E-state index in [2.05, 4.69) is 16.8 Å². The summed E-state index contributed by atoms with van der Waals surface area (Å²) >= 11 is 6.09. The Hall–Kier alpha value is -1.07. The van der Waals surface area contributed by atoms with Gasteiger partial charge < -0.3 is 19.8 Å². The maximum Gasteiger partial charge on any atom is 0.0701 e. The zero-order valence-electron chi connectivity index (χ0n) is 11.8. The average molecular weight is 297 g/mol. The first-order chi connectivity index (χ1) is 9.76. The zero-order valence-corrected chi connectivity index (χ0v) is 12.5. The van der Waals surface area contributed by atoms with Gasteiger partial charge in [0, 0.05) is 35.8 Å². The van der Waals surface area contributed by atoms with Gasteiger partial charge in [-0.2, -0.15) is 0 Å². The van der Waals surface area contributed by atoms with Crippen molar-refractivity contribution in [2.45, 2.75) is 13.0 Å². The van der Waals surface area contributed by atoms with Crippen molar-refractivity contribution in [1.82, 2.24) is 4.57 Å². The maximum absolute atomic E-state index is 6.09. The Bertz CT molecular complexity index is 554. The molecular weight excluding hydrogens is 276 g/mol. The van der Waals surface area contributed by atoms with Gasteiger partial charge in [0.25, 0.3) is 0 Å². The molecule has 2 aromatic rings. The average Bonchev–Trinajstić information content (AvgIpc) is 2.77. The second-order valence-corrected chi connectivity index (χ2v) is 5.09. The van der Waals surface area contributed by atoms with Crippen molar-refractivity contribution in [2.75, 3.05) is 33.5 Å². The van der Waals surface area contributed by atoms with Crippen LogP contribution in [0.1, 0.15) is 5.56 Å². The molecule has 1 aromatic carbocycles. The normalized spacial score (nSPS) is 11.3. The van der Waals surface area contributed by atoms with Gasteiger partial charge in [0.05, 0.1) is 19.8 Å². The Morgan fingerprint density at radius 2 is 2.10 bits per heavy atom. The molecule has 20 heavy (non-hydrogen) atoms. The van der Waals surface area contributed by atoms with Crippen LogP contribution in [0.2, 0.25) is 5.02 Å². The van der Waals surface area contributed by atoms with Crippen molar-refractivity contribution in [3.05, 3.63) is 35.0 Å². The molecule has 0 saturated heterocycles. The van der Waals surface area contributed by atoms with Gasteiger partial charge in [0.2, 0.25) is 0 Å². The predicted molar refractivity (Wildman–Crippen MR) is 82.4 cm³/mol. The molecule has 0 fully saturated rings. The highest BCUT2D eigenvalue weighted by Crippen LogP contribution is 2.25. The van der Waals surface area contributed by atoms with Crippen LogP contribution in [0.15, 0.2) is 24.4 Å². The van der Waals surface area contributed by atoms with Crippen LogP contribution in [0.4, 0.5) is 0 Å². The minimum absolute atomic E-state index is 0.617. The molecule has 0 spiro atoms. The fraction of sp³-hybridized carbons (Fsp3) is 0.467. The summed E-state index contributed by atoms with van der Waals surface area (Å²) in [7, 11) is 1.67. The molecule has 0 aliphatic heterocycles. The first-order valence-electron chi connectivity index (χ1n) is 6.80. The summed E-state index contributed by atoms with van der Waals surface area (Å²) in [5, 5.41) is 1.97. The van der Waals surface area contributed by atoms with E-state index in [4.69, 9.17) is 26.8 Å². The first kappa shape index (κ1) is 15.3. The molecule has 2 N–H and O–H groups in total. The number of hydrogen-bond acceptors (Lipinski definition) is 3. The van der Waals surface area contributed by atoms with E-state index in [1.165, 1.54) is 10.9 Å². The second-order valence-electron chi connectivity index (χ2n) is 4.65. The summed E-state index contributed by atoms with van der Waals surface area (Å²) in [4.78, 5) is 0. The minimum Gasteiger partial charge on any atom is -0.382 e. The van der Waals surface area contributed by atoms with Gasteiger partial charge in [-0.25, -0.2) is 0 Å². The van der Waals surface area contributed by atoms with Crippen LogP contribution in [0, 0.1) is 0 Å². The predicted octanol–water partition coefficient (Wildman–Crippen LogP) is 2.46. The van der Waals surface area contributed by atoms with E-state index in [9.17, 15) is 0 Å². The highest BCUT2D eigenvalue weighted by atomic mass is 35.5. The molecule has 0 amide bonds. The molecule has 0 saturated carbocycles. The summed E-state index contributed by atoms with van der Waals surface area (Å²) < 4.78 is 12.7. The smallest absolute Gasteiger partial charge is 0.0701 e. The third kappa shape index (κ3) is 3.73. The number of fused-ring (bicyclic) bond motifs is 1. The van der Waals surface area contributed by atoms with Crippen LogP contribution in [0.25, 0.3) is 10.9 Å². The SMILES string of the molecule is COCCOCCn1cc(CCN)c2ccc(Cl)cc21. The Morgan fingerprint density at radius 1 is 1.25 bits per heavy atom. The van der Waals surface area contributed by atoms with E-state index in [-0.39, 0.29) is 0 Å². The molecule has 0 aliphatic rings. The van der Waals surface area contributed by atoms with Gasteiger partial charge in [-0.05, 0) is 30.7 Å². The van der Waals surface area contributed by atoms with Gasteiger partial charge in [0.1, 0.15) is 0 Å². The first-order valence-corrected chi connectivity index (χ1v) is 7.18. The van der Waals surface area contributed by atoms with Gasteiger partial charge >= 0.3 is 0 Å². The number of rotatable bonds is 8. The van der Waals surface area contributed by atoms with Crippen molar-refractivity contribution >= 4 is 22.5 Å². The number of hydrogen-bond donors (Lipinski definition) is 1. The Labute approximate surface area is 124 Å². The molecule has 110 valence electrons. The molecule has 0 atom stereocenters. The topological polar surface area (TPSA) is 49.4 Å². The molecule has 0 bridgehead atoms. The van der Waals surface area contributed by atoms with E-state index in [0.29, 0.717) is 26.4 Å². The van der Waals surface area contributed by atoms with Crippen LogP contribution in [0.5, 0.6) is 0 Å². The van der Waals surface area contributed by atoms with Crippen molar-refractivity contribution in [2.24, 2.45) is 5.73 Å². The lowest BCUT2D eigenvalue weighted by Gasteiger charge is -2.06. The molecule has 0 radical (unpaired) electrons. The molecule has 0 unspecified atom stereocenters. The molecule has 4 nitrogen and oxygen atoms in total. The molecule has 1 heterocycles. The summed E-state index contributed by atoms with van der Waals surface area (Å²) in [6.45, 7) is 3.34. The Morgan fingerprint density at radius 3 is 2.85 bits per heavy atom. The van der Waals surface area contributed by atoms with E-state index in [0.717, 1.165) is 23.5 Å². The molecule has 5 heteroatoms. The lowest BCUT2D eigenvalue weighted by atomic mass is 10.1. The van der Waals surface area contributed by atoms with Crippen LogP contribution in [0.3, 0.4) is 0 Å². The van der Waals surface area contributed by atoms with E-state index >= 15 is 0 Å². The standard InChI is InChI=1S/C15H21ClN2O2/c1-19-8-9-20-7-6-18-11-12(4-5-17)14-3-2-13(16)10-15(14)18/h2-3,10-11H,4-9,17H2,1H3. The summed E-state index contributed by atoms with van der Waals surface area (Å²) in [5.74, 6) is 0. The van der Waals surface area contributed by atoms with Crippen LogP contribution in [-0.2, 0) is 22.4 Å². The quantitative estimate of drug-likeness (QED) is 0.761. The van der Waals surface area contributed by atoms with Crippen LogP contribution in [-0.4, -0.2) is 38.0 Å². The fourth-order valence-corrected chi connectivity index (χ4v) is 2.45. The van der Waals surface area contributed by atoms with Crippen LogP contribution < -0.4 is 5.73 Å². The highest BCUT2D eigenvalue weighted by Gasteiger charge is 2.08. The van der Waals surface area contributed by atoms with E-state index < -0.39 is 0 Å². The number of ether oxygens (including phenoxy) is 2. The van der Waals surface area contributed by atoms with E-state index in [1.807, 2.05) is 12.1 Å². The minimum atomic E-state index is 0.617. The third-order valence-corrected chi connectivity index (χ3v) is 3.48. The van der Waals surface area contributed by atoms with Gasteiger partial charge in [-0.1, -0.05) is 17.7 Å². The second kappa shape index (κ2) is 7.64. The number of nitrogens with two attached hydrogens (primary N) is 1. The summed E-state index contributed by atoms with van der Waals surface area (Å²) in [6.07, 6.45) is 3.02. The van der Waals surface area contributed by atoms with Crippen molar-refractivity contribution in [1.29, 1.82) is 0 Å². The highest BCUT2D eigenvalue weighted by molar-refractivity contribution is 6.31. The molecule has 1 aromatic heterocycles. The molecule has 0 aliphatic carbocycles. The van der Waals surface area contributed by atoms with Crippen molar-refractivity contribution < 1.29 is 9.47 Å². The zero-order chi connectivity index (χ0) is 14.4. The third-order valence-electron chi connectivity index (χ3n) is 3.25. The number of benzene rings is 1. The van der Waals surface area contributed by atoms with Crippen molar-refractivity contribution in [3.63, 3.8) is 0 Å². The summed E-state index contributed by atoms with van der Waals surface area (Å²) in [6, 6.07) is 5.97. The van der Waals surface area contributed by atoms with E-state index in [1.54, 1.807) is 7.11 Å². The van der Waals surface area contributed by atoms with Gasteiger partial charge in [-0.3, -0.25) is 0 Å². The van der Waals surface area contributed by atoms with Crippen LogP contribution >= 0.6 is 11.6 Å². The largest absolute Gasteiger partial charge is 0.382 e. The molecular formula is C15H21ClN2O2. The lowest BCUT2D eigenvalue weighted by Crippen LogP contribution is -2.08. The fourth-order valence-electron chi connectivity index (χ4n) is 2.29. The summed E-state index contributed by atoms with van der Waals surface area (Å²) in [5.41, 5.74) is 8.07. The van der Waals surface area contributed by atoms with Crippen molar-refractivity contribution in [3.8, 4) is 0 Å². The Balaban J connectivity index is 2.12. The monoisotopic (exact) mass is 296 g/mol. The number of methoxy groups -OCH3 is 1. The van der Waals surface area contributed by atoms with Gasteiger partial charge in [0.15, 0.2) is 0 Å². The maximum atomic E-state index is 6.09. The molecule has 2 rings (SSSR count).